The summed E-state index contributed by atoms with van der Waals surface area (Å²) in [6.07, 6.45) is -3.90. The van der Waals surface area contributed by atoms with Gasteiger partial charge < -0.3 is 11.1 Å². The first-order valence-electron chi connectivity index (χ1n) is 8.41. The van der Waals surface area contributed by atoms with Gasteiger partial charge in [0.25, 0.3) is 0 Å². The van der Waals surface area contributed by atoms with Crippen molar-refractivity contribution in [3.8, 4) is 0 Å². The lowest BCUT2D eigenvalue weighted by Crippen LogP contribution is -2.41. The summed E-state index contributed by atoms with van der Waals surface area (Å²) in [5.74, 6) is -0.701. The molecule has 144 valence electrons. The van der Waals surface area contributed by atoms with E-state index in [-0.39, 0.29) is 17.4 Å². The summed E-state index contributed by atoms with van der Waals surface area (Å²) in [5.41, 5.74) is 7.00. The average Bonchev–Trinajstić information content (AvgIpc) is 2.61. The molecule has 2 aromatic rings. The van der Waals surface area contributed by atoms with Crippen LogP contribution in [0, 0.1) is 5.92 Å². The van der Waals surface area contributed by atoms with Gasteiger partial charge >= 0.3 is 6.18 Å². The van der Waals surface area contributed by atoms with E-state index in [1.54, 1.807) is 12.1 Å². The number of amides is 1. The Balaban J connectivity index is 1.96. The Morgan fingerprint density at radius 1 is 1.04 bits per heavy atom. The van der Waals surface area contributed by atoms with E-state index in [1.165, 1.54) is 19.1 Å². The number of nitrogens with one attached hydrogen (secondary N) is 1. The van der Waals surface area contributed by atoms with Gasteiger partial charge in [-0.2, -0.15) is 13.2 Å². The number of alkyl halides is 3. The maximum atomic E-state index is 12.6. The zero-order valence-electron chi connectivity index (χ0n) is 15.0. The zero-order valence-corrected chi connectivity index (χ0v) is 15.0. The maximum absolute atomic E-state index is 12.6. The molecule has 4 nitrogen and oxygen atoms in total. The molecule has 0 radical (unpaired) electrons. The molecule has 7 heteroatoms. The van der Waals surface area contributed by atoms with Crippen LogP contribution in [0.1, 0.15) is 35.3 Å². The zero-order chi connectivity index (χ0) is 20.2. The predicted octanol–water partition coefficient (Wildman–Crippen LogP) is 4.05. The monoisotopic (exact) mass is 378 g/mol. The second-order valence-electron chi connectivity index (χ2n) is 6.52. The molecular weight excluding hydrogens is 357 g/mol. The quantitative estimate of drug-likeness (QED) is 0.745. The number of anilines is 1. The Morgan fingerprint density at radius 2 is 1.59 bits per heavy atom. The van der Waals surface area contributed by atoms with E-state index in [0.717, 1.165) is 17.7 Å². The summed E-state index contributed by atoms with van der Waals surface area (Å²) < 4.78 is 37.7. The lowest BCUT2D eigenvalue weighted by atomic mass is 9.93. The van der Waals surface area contributed by atoms with Crippen molar-refractivity contribution in [2.45, 2.75) is 32.5 Å². The number of hydrogen-bond donors (Lipinski definition) is 2. The molecule has 3 N–H and O–H groups in total. The third-order valence-electron chi connectivity index (χ3n) is 4.31. The van der Waals surface area contributed by atoms with Gasteiger partial charge in [0.05, 0.1) is 11.6 Å². The lowest BCUT2D eigenvalue weighted by molar-refractivity contribution is -0.137. The van der Waals surface area contributed by atoms with Gasteiger partial charge in [-0.15, -0.1) is 0 Å². The minimum atomic E-state index is -4.43. The molecule has 0 aliphatic rings. The summed E-state index contributed by atoms with van der Waals surface area (Å²) in [4.78, 5) is 23.6. The van der Waals surface area contributed by atoms with Crippen molar-refractivity contribution in [1.29, 1.82) is 0 Å². The highest BCUT2D eigenvalue weighted by Crippen LogP contribution is 2.29. The van der Waals surface area contributed by atoms with Crippen LogP contribution < -0.4 is 11.1 Å². The van der Waals surface area contributed by atoms with E-state index >= 15 is 0 Å². The Bertz CT molecular complexity index is 799. The van der Waals surface area contributed by atoms with Crippen molar-refractivity contribution in [3.63, 3.8) is 0 Å². The molecule has 0 heterocycles. The van der Waals surface area contributed by atoms with Crippen LogP contribution >= 0.6 is 0 Å². The minimum Gasteiger partial charge on any atom is -0.325 e. The van der Waals surface area contributed by atoms with Crippen molar-refractivity contribution >= 4 is 17.4 Å². The molecular formula is C20H21F3N2O2. The van der Waals surface area contributed by atoms with Crippen LogP contribution in [0.4, 0.5) is 18.9 Å². The number of rotatable bonds is 6. The number of carbonyl (C=O) groups excluding carboxylic acids is 2. The number of benzene rings is 2. The number of nitrogens with two attached hydrogens (primary N) is 1. The molecule has 0 saturated heterocycles. The molecule has 0 aromatic heterocycles. The fourth-order valence-electron chi connectivity index (χ4n) is 2.60. The molecule has 1 unspecified atom stereocenters. The van der Waals surface area contributed by atoms with Gasteiger partial charge in [0.15, 0.2) is 5.78 Å². The van der Waals surface area contributed by atoms with Crippen LogP contribution in [0.2, 0.25) is 0 Å². The van der Waals surface area contributed by atoms with Crippen molar-refractivity contribution in [1.82, 2.24) is 0 Å². The fraction of sp³-hybridized carbons (Fsp3) is 0.300. The van der Waals surface area contributed by atoms with Crippen molar-refractivity contribution < 1.29 is 22.8 Å². The molecule has 2 rings (SSSR count). The van der Waals surface area contributed by atoms with E-state index in [0.29, 0.717) is 12.0 Å². The molecule has 0 aliphatic carbocycles. The molecule has 2 aromatic carbocycles. The molecule has 0 bridgehead atoms. The van der Waals surface area contributed by atoms with Crippen LogP contribution in [-0.4, -0.2) is 17.7 Å². The van der Waals surface area contributed by atoms with E-state index < -0.39 is 23.7 Å². The van der Waals surface area contributed by atoms with Crippen LogP contribution in [0.3, 0.4) is 0 Å². The van der Waals surface area contributed by atoms with Gasteiger partial charge in [0.1, 0.15) is 0 Å². The van der Waals surface area contributed by atoms with Gasteiger partial charge in [0.2, 0.25) is 5.91 Å². The third-order valence-corrected chi connectivity index (χ3v) is 4.31. The highest BCUT2D eigenvalue weighted by molar-refractivity contribution is 5.95. The van der Waals surface area contributed by atoms with Crippen LogP contribution in [0.15, 0.2) is 48.5 Å². The predicted molar refractivity (Wildman–Crippen MR) is 97.4 cm³/mol. The summed E-state index contributed by atoms with van der Waals surface area (Å²) in [6, 6.07) is 10.4. The van der Waals surface area contributed by atoms with E-state index in [1.807, 2.05) is 19.1 Å². The first-order chi connectivity index (χ1) is 12.6. The lowest BCUT2D eigenvalue weighted by Gasteiger charge is -2.20. The number of halogens is 3. The van der Waals surface area contributed by atoms with E-state index in [4.69, 9.17) is 5.73 Å². The normalized spacial score (nSPS) is 13.7. The molecule has 0 saturated carbocycles. The Kier molecular flexibility index (Phi) is 6.38. The maximum Gasteiger partial charge on any atom is 0.416 e. The minimum absolute atomic E-state index is 0.0257. The Hall–Kier alpha value is -2.67. The topological polar surface area (TPSA) is 72.2 Å². The van der Waals surface area contributed by atoms with Gasteiger partial charge in [0, 0.05) is 11.3 Å². The molecule has 1 amide bonds. The highest BCUT2D eigenvalue weighted by atomic mass is 19.4. The Morgan fingerprint density at radius 3 is 2.07 bits per heavy atom. The largest absolute Gasteiger partial charge is 0.416 e. The summed E-state index contributed by atoms with van der Waals surface area (Å²) in [5, 5.41) is 2.54. The second kappa shape index (κ2) is 8.35. The van der Waals surface area contributed by atoms with E-state index in [2.05, 4.69) is 5.32 Å². The number of carbonyl (C=O) groups is 2. The van der Waals surface area contributed by atoms with Gasteiger partial charge in [-0.05, 0) is 49.1 Å². The summed E-state index contributed by atoms with van der Waals surface area (Å²) in [6.45, 7) is 3.30. The van der Waals surface area contributed by atoms with Crippen LogP contribution in [0.25, 0.3) is 0 Å². The molecule has 0 aliphatic heterocycles. The fourth-order valence-corrected chi connectivity index (χ4v) is 2.60. The number of ketones is 1. The molecule has 0 spiro atoms. The highest BCUT2D eigenvalue weighted by Gasteiger charge is 2.30. The number of Topliss-reactive ketones (excluding diaryl/α,β-unsaturated/α-hetero) is 1. The standard InChI is InChI=1S/C20H21F3N2O2/c1-12(11-14-3-5-15(6-4-14)13(2)26)18(24)19(27)25-17-9-7-16(8-10-17)20(21,22)23/h3-10,12,18H,11,24H2,1-2H3,(H,25,27)/t12?,18-/m0/s1. The number of hydrogen-bond acceptors (Lipinski definition) is 3. The summed E-state index contributed by atoms with van der Waals surface area (Å²) in [7, 11) is 0. The smallest absolute Gasteiger partial charge is 0.325 e. The SMILES string of the molecule is CC(=O)c1ccc(CC(C)[C@H](N)C(=O)Nc2ccc(C(F)(F)F)cc2)cc1. The second-order valence-corrected chi connectivity index (χ2v) is 6.52. The van der Waals surface area contributed by atoms with Gasteiger partial charge in [-0.25, -0.2) is 0 Å². The first-order valence-corrected chi connectivity index (χ1v) is 8.41. The van der Waals surface area contributed by atoms with E-state index in [9.17, 15) is 22.8 Å². The summed E-state index contributed by atoms with van der Waals surface area (Å²) >= 11 is 0. The Labute approximate surface area is 155 Å². The van der Waals surface area contributed by atoms with Crippen LogP contribution in [-0.2, 0) is 17.4 Å². The average molecular weight is 378 g/mol. The van der Waals surface area contributed by atoms with Gasteiger partial charge in [-0.1, -0.05) is 31.2 Å². The van der Waals surface area contributed by atoms with Gasteiger partial charge in [-0.3, -0.25) is 9.59 Å². The molecule has 2 atom stereocenters. The van der Waals surface area contributed by atoms with Crippen molar-refractivity contribution in [2.24, 2.45) is 11.7 Å². The van der Waals surface area contributed by atoms with Crippen LogP contribution in [0.5, 0.6) is 0 Å². The molecule has 27 heavy (non-hydrogen) atoms. The van der Waals surface area contributed by atoms with Crippen molar-refractivity contribution in [2.75, 3.05) is 5.32 Å². The van der Waals surface area contributed by atoms with Crippen molar-refractivity contribution in [3.05, 3.63) is 65.2 Å². The molecule has 0 fully saturated rings. The third kappa shape index (κ3) is 5.65. The first kappa shape index (κ1) is 20.6.